The first kappa shape index (κ1) is 21.8. The van der Waals surface area contributed by atoms with Crippen molar-refractivity contribution >= 4 is 70.4 Å². The average Bonchev–Trinajstić information content (AvgIpc) is 2.55. The maximum atomic E-state index is 12.3. The molecule has 3 aromatic rings. The van der Waals surface area contributed by atoms with E-state index in [1.165, 1.54) is 0 Å². The number of aromatic nitrogens is 1. The summed E-state index contributed by atoms with van der Waals surface area (Å²) < 4.78 is 0. The molecule has 0 radical (unpaired) electrons. The summed E-state index contributed by atoms with van der Waals surface area (Å²) in [6.45, 7) is 0. The molecular formula is C18H19Cl3N4O. The summed E-state index contributed by atoms with van der Waals surface area (Å²) in [5.74, 6) is 0. The third-order valence-electron chi connectivity index (χ3n) is 3.58. The van der Waals surface area contributed by atoms with Gasteiger partial charge in [0.2, 0.25) is 0 Å². The van der Waals surface area contributed by atoms with Gasteiger partial charge in [-0.25, -0.2) is 4.79 Å². The van der Waals surface area contributed by atoms with E-state index in [4.69, 9.17) is 11.6 Å². The van der Waals surface area contributed by atoms with E-state index in [9.17, 15) is 4.79 Å². The number of carbonyl (C=O) groups is 1. The second-order valence-electron chi connectivity index (χ2n) is 5.52. The van der Waals surface area contributed by atoms with Gasteiger partial charge in [-0.15, -0.1) is 24.8 Å². The fraction of sp³-hybridized carbons (Fsp3) is 0.111. The minimum Gasteiger partial charge on any atom is -0.376 e. The summed E-state index contributed by atoms with van der Waals surface area (Å²) in [4.78, 5) is 18.4. The van der Waals surface area contributed by atoms with E-state index in [1.54, 1.807) is 18.3 Å². The summed E-state index contributed by atoms with van der Waals surface area (Å²) >= 11 is 6.22. The van der Waals surface area contributed by atoms with Crippen molar-refractivity contribution in [2.75, 3.05) is 29.6 Å². The number of carbonyl (C=O) groups excluding carboxylic acids is 1. The SMILES string of the molecule is CN(C)c1ccc(NC(=O)Nc2ccnc3ccccc23)cc1Cl.Cl.Cl. The van der Waals surface area contributed by atoms with Crippen molar-refractivity contribution in [2.45, 2.75) is 0 Å². The molecule has 0 unspecified atom stereocenters. The quantitative estimate of drug-likeness (QED) is 0.601. The lowest BCUT2D eigenvalue weighted by Crippen LogP contribution is -2.19. The molecule has 5 nitrogen and oxygen atoms in total. The normalized spacial score (nSPS) is 9.65. The topological polar surface area (TPSA) is 57.3 Å². The van der Waals surface area contributed by atoms with E-state index in [1.807, 2.05) is 55.4 Å². The highest BCUT2D eigenvalue weighted by molar-refractivity contribution is 6.33. The van der Waals surface area contributed by atoms with Crippen LogP contribution >= 0.6 is 36.4 Å². The molecule has 0 saturated carbocycles. The Morgan fingerprint density at radius 2 is 1.77 bits per heavy atom. The van der Waals surface area contributed by atoms with Gasteiger partial charge in [0.25, 0.3) is 0 Å². The van der Waals surface area contributed by atoms with Gasteiger partial charge in [-0.1, -0.05) is 29.8 Å². The Labute approximate surface area is 169 Å². The molecule has 8 heteroatoms. The lowest BCUT2D eigenvalue weighted by Gasteiger charge is -2.15. The van der Waals surface area contributed by atoms with E-state index < -0.39 is 0 Å². The molecule has 2 aromatic carbocycles. The number of nitrogens with zero attached hydrogens (tertiary/aromatic N) is 2. The van der Waals surface area contributed by atoms with Crippen molar-refractivity contribution in [3.05, 3.63) is 59.8 Å². The molecule has 3 rings (SSSR count). The lowest BCUT2D eigenvalue weighted by atomic mass is 10.2. The number of urea groups is 1. The second-order valence-corrected chi connectivity index (χ2v) is 5.92. The first-order valence-electron chi connectivity index (χ1n) is 7.43. The molecule has 1 heterocycles. The maximum absolute atomic E-state index is 12.3. The van der Waals surface area contributed by atoms with E-state index in [-0.39, 0.29) is 30.8 Å². The van der Waals surface area contributed by atoms with E-state index in [0.29, 0.717) is 16.4 Å². The maximum Gasteiger partial charge on any atom is 0.323 e. The Balaban J connectivity index is 0.00000169. The minimum absolute atomic E-state index is 0. The number of pyridine rings is 1. The number of hydrogen-bond acceptors (Lipinski definition) is 3. The molecule has 2 N–H and O–H groups in total. The number of halogens is 3. The lowest BCUT2D eigenvalue weighted by molar-refractivity contribution is 0.262. The Bertz CT molecular complexity index is 897. The van der Waals surface area contributed by atoms with Gasteiger partial charge >= 0.3 is 6.03 Å². The van der Waals surface area contributed by atoms with Crippen molar-refractivity contribution in [2.24, 2.45) is 0 Å². The predicted molar refractivity (Wildman–Crippen MR) is 115 cm³/mol. The van der Waals surface area contributed by atoms with Crippen LogP contribution in [-0.4, -0.2) is 25.1 Å². The Morgan fingerprint density at radius 1 is 1.04 bits per heavy atom. The van der Waals surface area contributed by atoms with Crippen molar-refractivity contribution < 1.29 is 4.79 Å². The Kier molecular flexibility index (Phi) is 7.96. The van der Waals surface area contributed by atoms with E-state index in [0.717, 1.165) is 16.6 Å². The van der Waals surface area contributed by atoms with Gasteiger partial charge in [0, 0.05) is 31.4 Å². The van der Waals surface area contributed by atoms with Gasteiger partial charge in [-0.05, 0) is 30.3 Å². The Hall–Kier alpha value is -2.21. The van der Waals surface area contributed by atoms with E-state index >= 15 is 0 Å². The van der Waals surface area contributed by atoms with Crippen LogP contribution in [0.5, 0.6) is 0 Å². The molecule has 0 fully saturated rings. The van der Waals surface area contributed by atoms with Crippen LogP contribution in [0.1, 0.15) is 0 Å². The highest BCUT2D eigenvalue weighted by Gasteiger charge is 2.08. The zero-order valence-electron chi connectivity index (χ0n) is 14.2. The number of rotatable bonds is 3. The summed E-state index contributed by atoms with van der Waals surface area (Å²) in [6.07, 6.45) is 1.67. The van der Waals surface area contributed by atoms with Crippen molar-refractivity contribution in [1.29, 1.82) is 0 Å². The predicted octanol–water partition coefficient (Wildman–Crippen LogP) is 5.44. The third-order valence-corrected chi connectivity index (χ3v) is 3.89. The summed E-state index contributed by atoms with van der Waals surface area (Å²) in [6, 6.07) is 14.5. The number of hydrogen-bond donors (Lipinski definition) is 2. The third kappa shape index (κ3) is 4.91. The molecule has 0 atom stereocenters. The van der Waals surface area contributed by atoms with Gasteiger partial charge in [0.15, 0.2) is 0 Å². The standard InChI is InChI=1S/C18H17ClN4O.2ClH/c1-23(2)17-8-7-12(11-14(17)19)21-18(24)22-16-9-10-20-15-6-4-3-5-13(15)16;;/h3-11H,1-2H3,(H2,20,21,22,24);2*1H. The molecule has 2 amide bonds. The minimum atomic E-state index is -0.333. The van der Waals surface area contributed by atoms with Crippen LogP contribution in [0.15, 0.2) is 54.7 Å². The monoisotopic (exact) mass is 412 g/mol. The average molecular weight is 414 g/mol. The zero-order chi connectivity index (χ0) is 17.1. The van der Waals surface area contributed by atoms with Crippen molar-refractivity contribution in [3.8, 4) is 0 Å². The number of amides is 2. The first-order chi connectivity index (χ1) is 11.5. The van der Waals surface area contributed by atoms with Crippen molar-refractivity contribution in [3.63, 3.8) is 0 Å². The molecule has 0 spiro atoms. The van der Waals surface area contributed by atoms with Gasteiger partial charge < -0.3 is 15.5 Å². The van der Waals surface area contributed by atoms with E-state index in [2.05, 4.69) is 15.6 Å². The summed E-state index contributed by atoms with van der Waals surface area (Å²) in [5, 5.41) is 7.10. The zero-order valence-corrected chi connectivity index (χ0v) is 16.6. The fourth-order valence-corrected chi connectivity index (χ4v) is 2.79. The highest BCUT2D eigenvalue weighted by atomic mass is 35.5. The Morgan fingerprint density at radius 3 is 2.46 bits per heavy atom. The number of anilines is 3. The molecule has 0 saturated heterocycles. The smallest absolute Gasteiger partial charge is 0.323 e. The van der Waals surface area contributed by atoms with Gasteiger partial charge in [0.05, 0.1) is 21.9 Å². The van der Waals surface area contributed by atoms with Crippen LogP contribution in [0.2, 0.25) is 5.02 Å². The molecular weight excluding hydrogens is 395 g/mol. The van der Waals surface area contributed by atoms with Crippen molar-refractivity contribution in [1.82, 2.24) is 4.98 Å². The second kappa shape index (κ2) is 9.48. The molecule has 0 aliphatic rings. The molecule has 0 bridgehead atoms. The number of para-hydroxylation sites is 1. The van der Waals surface area contributed by atoms with Crippen LogP contribution in [-0.2, 0) is 0 Å². The molecule has 26 heavy (non-hydrogen) atoms. The molecule has 1 aromatic heterocycles. The number of fused-ring (bicyclic) bond motifs is 1. The largest absolute Gasteiger partial charge is 0.376 e. The number of benzene rings is 2. The molecule has 138 valence electrons. The number of nitrogens with one attached hydrogen (secondary N) is 2. The summed E-state index contributed by atoms with van der Waals surface area (Å²) in [7, 11) is 3.82. The van der Waals surface area contributed by atoms with Crippen LogP contribution in [0.25, 0.3) is 10.9 Å². The van der Waals surface area contributed by atoms with Crippen LogP contribution in [0.3, 0.4) is 0 Å². The van der Waals surface area contributed by atoms with Gasteiger partial charge in [-0.2, -0.15) is 0 Å². The molecule has 0 aliphatic heterocycles. The van der Waals surface area contributed by atoms with Crippen LogP contribution < -0.4 is 15.5 Å². The van der Waals surface area contributed by atoms with Crippen LogP contribution in [0.4, 0.5) is 21.9 Å². The van der Waals surface area contributed by atoms with Gasteiger partial charge in [0.1, 0.15) is 0 Å². The van der Waals surface area contributed by atoms with Gasteiger partial charge in [-0.3, -0.25) is 4.98 Å². The fourth-order valence-electron chi connectivity index (χ4n) is 2.44. The summed E-state index contributed by atoms with van der Waals surface area (Å²) in [5.41, 5.74) is 3.05. The first-order valence-corrected chi connectivity index (χ1v) is 7.81. The highest BCUT2D eigenvalue weighted by Crippen LogP contribution is 2.27. The van der Waals surface area contributed by atoms with Crippen LogP contribution in [0, 0.1) is 0 Å². The molecule has 0 aliphatic carbocycles.